The van der Waals surface area contributed by atoms with Gasteiger partial charge >= 0.3 is 6.18 Å². The average Bonchev–Trinajstić information content (AvgIpc) is 2.39. The van der Waals surface area contributed by atoms with Gasteiger partial charge in [0.15, 0.2) is 0 Å². The Labute approximate surface area is 64.8 Å². The Morgan fingerprint density at radius 1 is 1.36 bits per heavy atom. The highest BCUT2D eigenvalue weighted by Gasteiger charge is 2.69. The van der Waals surface area contributed by atoms with Gasteiger partial charge in [0.25, 0.3) is 0 Å². The molecule has 3 heteroatoms. The molecule has 0 nitrogen and oxygen atoms in total. The van der Waals surface area contributed by atoms with Crippen molar-refractivity contribution in [2.24, 2.45) is 17.3 Å². The summed E-state index contributed by atoms with van der Waals surface area (Å²) in [5.41, 5.74) is -1.35. The first-order valence-corrected chi connectivity index (χ1v) is 3.89. The lowest BCUT2D eigenvalue weighted by Gasteiger charge is -2.24. The largest absolute Gasteiger partial charge is 0.395 e. The summed E-state index contributed by atoms with van der Waals surface area (Å²) in [4.78, 5) is 0. The van der Waals surface area contributed by atoms with Crippen molar-refractivity contribution < 1.29 is 13.2 Å². The quantitative estimate of drug-likeness (QED) is 0.561. The van der Waals surface area contributed by atoms with Gasteiger partial charge in [0, 0.05) is 0 Å². The summed E-state index contributed by atoms with van der Waals surface area (Å²) in [6, 6.07) is 0. The van der Waals surface area contributed by atoms with Gasteiger partial charge in [-0.05, 0) is 18.3 Å². The molecule has 1 aliphatic carbocycles. The lowest BCUT2D eigenvalue weighted by atomic mass is 9.89. The van der Waals surface area contributed by atoms with Crippen molar-refractivity contribution in [3.05, 3.63) is 0 Å². The molecule has 0 aliphatic heterocycles. The van der Waals surface area contributed by atoms with Crippen LogP contribution in [-0.4, -0.2) is 6.18 Å². The Balaban J connectivity index is 2.80. The van der Waals surface area contributed by atoms with E-state index in [2.05, 4.69) is 0 Å². The van der Waals surface area contributed by atoms with Crippen molar-refractivity contribution >= 4 is 0 Å². The number of alkyl halides is 3. The van der Waals surface area contributed by atoms with Gasteiger partial charge in [0.05, 0.1) is 5.41 Å². The molecule has 0 bridgehead atoms. The van der Waals surface area contributed by atoms with Crippen LogP contribution in [0.25, 0.3) is 0 Å². The Kier molecular flexibility index (Phi) is 1.73. The van der Waals surface area contributed by atoms with Crippen LogP contribution in [-0.2, 0) is 0 Å². The second kappa shape index (κ2) is 2.14. The van der Waals surface area contributed by atoms with E-state index in [0.717, 1.165) is 0 Å². The Bertz CT molecular complexity index is 159. The van der Waals surface area contributed by atoms with Crippen LogP contribution in [0.15, 0.2) is 0 Å². The molecule has 11 heavy (non-hydrogen) atoms. The van der Waals surface area contributed by atoms with Gasteiger partial charge in [-0.1, -0.05) is 20.8 Å². The zero-order chi connectivity index (χ0) is 8.86. The minimum Gasteiger partial charge on any atom is -0.170 e. The predicted molar refractivity (Wildman–Crippen MR) is 37.1 cm³/mol. The number of rotatable bonds is 1. The Morgan fingerprint density at radius 3 is 1.73 bits per heavy atom. The molecule has 2 unspecified atom stereocenters. The summed E-state index contributed by atoms with van der Waals surface area (Å²) in [5, 5.41) is 0. The molecule has 0 aromatic carbocycles. The average molecular weight is 166 g/mol. The van der Waals surface area contributed by atoms with Gasteiger partial charge in [0.1, 0.15) is 0 Å². The zero-order valence-electron chi connectivity index (χ0n) is 7.00. The molecular formula is C8H13F3. The molecule has 1 aliphatic rings. The third-order valence-electron chi connectivity index (χ3n) is 2.92. The van der Waals surface area contributed by atoms with Gasteiger partial charge in [0.2, 0.25) is 0 Å². The molecule has 0 spiro atoms. The van der Waals surface area contributed by atoms with E-state index in [1.54, 1.807) is 20.8 Å². The monoisotopic (exact) mass is 166 g/mol. The van der Waals surface area contributed by atoms with E-state index in [-0.39, 0.29) is 11.8 Å². The van der Waals surface area contributed by atoms with Crippen molar-refractivity contribution in [2.45, 2.75) is 33.4 Å². The number of hydrogen-bond donors (Lipinski definition) is 0. The maximum Gasteiger partial charge on any atom is 0.395 e. The van der Waals surface area contributed by atoms with E-state index in [9.17, 15) is 13.2 Å². The molecule has 0 aromatic heterocycles. The van der Waals surface area contributed by atoms with E-state index in [4.69, 9.17) is 0 Å². The van der Waals surface area contributed by atoms with Crippen LogP contribution < -0.4 is 0 Å². The van der Waals surface area contributed by atoms with Crippen molar-refractivity contribution in [1.82, 2.24) is 0 Å². The van der Waals surface area contributed by atoms with E-state index in [1.807, 2.05) is 0 Å². The summed E-state index contributed by atoms with van der Waals surface area (Å²) < 4.78 is 37.2. The van der Waals surface area contributed by atoms with Crippen LogP contribution in [0.4, 0.5) is 13.2 Å². The van der Waals surface area contributed by atoms with Crippen LogP contribution in [0.3, 0.4) is 0 Å². The molecule has 0 N–H and O–H groups in total. The number of hydrogen-bond acceptors (Lipinski definition) is 0. The molecule has 0 heterocycles. The second-order valence-corrected chi connectivity index (χ2v) is 3.80. The highest BCUT2D eigenvalue weighted by Crippen LogP contribution is 2.66. The van der Waals surface area contributed by atoms with Gasteiger partial charge in [-0.2, -0.15) is 13.2 Å². The maximum atomic E-state index is 12.4. The maximum absolute atomic E-state index is 12.4. The van der Waals surface area contributed by atoms with Crippen LogP contribution in [0, 0.1) is 17.3 Å². The van der Waals surface area contributed by atoms with Crippen molar-refractivity contribution in [3.63, 3.8) is 0 Å². The van der Waals surface area contributed by atoms with Gasteiger partial charge in [-0.25, -0.2) is 0 Å². The Morgan fingerprint density at radius 2 is 1.73 bits per heavy atom. The third-order valence-corrected chi connectivity index (χ3v) is 2.92. The van der Waals surface area contributed by atoms with E-state index >= 15 is 0 Å². The summed E-state index contributed by atoms with van der Waals surface area (Å²) in [6.45, 7) is 4.97. The summed E-state index contributed by atoms with van der Waals surface area (Å²) >= 11 is 0. The molecule has 1 rings (SSSR count). The SMILES string of the molecule is CC(C)C1(C(F)(F)F)CC1C. The highest BCUT2D eigenvalue weighted by atomic mass is 19.4. The van der Waals surface area contributed by atoms with Crippen molar-refractivity contribution in [3.8, 4) is 0 Å². The molecule has 2 atom stereocenters. The topological polar surface area (TPSA) is 0 Å². The first kappa shape index (κ1) is 8.88. The van der Waals surface area contributed by atoms with E-state index in [0.29, 0.717) is 6.42 Å². The summed E-state index contributed by atoms with van der Waals surface area (Å²) in [6.07, 6.45) is -3.69. The van der Waals surface area contributed by atoms with Crippen molar-refractivity contribution in [1.29, 1.82) is 0 Å². The summed E-state index contributed by atoms with van der Waals surface area (Å²) in [5.74, 6) is -0.458. The minimum atomic E-state index is -4.00. The van der Waals surface area contributed by atoms with E-state index < -0.39 is 11.6 Å². The fourth-order valence-corrected chi connectivity index (χ4v) is 1.97. The molecule has 66 valence electrons. The third kappa shape index (κ3) is 1.05. The predicted octanol–water partition coefficient (Wildman–Crippen LogP) is 3.23. The lowest BCUT2D eigenvalue weighted by Crippen LogP contribution is -2.31. The van der Waals surface area contributed by atoms with Gasteiger partial charge in [-0.15, -0.1) is 0 Å². The lowest BCUT2D eigenvalue weighted by molar-refractivity contribution is -0.204. The second-order valence-electron chi connectivity index (χ2n) is 3.80. The first-order chi connectivity index (χ1) is 4.82. The fraction of sp³-hybridized carbons (Fsp3) is 1.00. The van der Waals surface area contributed by atoms with Crippen LogP contribution in [0.5, 0.6) is 0 Å². The first-order valence-electron chi connectivity index (χ1n) is 3.89. The molecule has 1 saturated carbocycles. The molecular weight excluding hydrogens is 153 g/mol. The normalized spacial score (nSPS) is 37.9. The van der Waals surface area contributed by atoms with E-state index in [1.165, 1.54) is 0 Å². The molecule has 1 fully saturated rings. The van der Waals surface area contributed by atoms with Crippen LogP contribution in [0.2, 0.25) is 0 Å². The molecule has 0 amide bonds. The number of halogens is 3. The molecule has 0 saturated heterocycles. The van der Waals surface area contributed by atoms with Crippen LogP contribution in [0.1, 0.15) is 27.2 Å². The fourth-order valence-electron chi connectivity index (χ4n) is 1.97. The minimum absolute atomic E-state index is 0.178. The smallest absolute Gasteiger partial charge is 0.170 e. The highest BCUT2D eigenvalue weighted by molar-refractivity contribution is 5.06. The standard InChI is InChI=1S/C8H13F3/c1-5(2)7(4-6(7)3)8(9,10)11/h5-6H,4H2,1-3H3. The van der Waals surface area contributed by atoms with Gasteiger partial charge in [-0.3, -0.25) is 0 Å². The Hall–Kier alpha value is -0.210. The molecule has 0 aromatic rings. The van der Waals surface area contributed by atoms with Crippen LogP contribution >= 0.6 is 0 Å². The summed E-state index contributed by atoms with van der Waals surface area (Å²) in [7, 11) is 0. The molecule has 0 radical (unpaired) electrons. The zero-order valence-corrected chi connectivity index (χ0v) is 7.00. The van der Waals surface area contributed by atoms with Crippen molar-refractivity contribution in [2.75, 3.05) is 0 Å². The van der Waals surface area contributed by atoms with Gasteiger partial charge < -0.3 is 0 Å².